The van der Waals surface area contributed by atoms with Gasteiger partial charge in [0.2, 0.25) is 0 Å². The zero-order valence-electron chi connectivity index (χ0n) is 11.4. The van der Waals surface area contributed by atoms with E-state index in [0.717, 1.165) is 36.4 Å². The number of nitrogens with one attached hydrogen (secondary N) is 1. The summed E-state index contributed by atoms with van der Waals surface area (Å²) in [4.78, 5) is 14.8. The Labute approximate surface area is 127 Å². The van der Waals surface area contributed by atoms with Crippen LogP contribution in [0.3, 0.4) is 0 Å². The van der Waals surface area contributed by atoms with E-state index in [4.69, 9.17) is 5.73 Å². The number of halogens is 1. The number of hydrogen-bond acceptors (Lipinski definition) is 3. The lowest BCUT2D eigenvalue weighted by Gasteiger charge is -2.32. The largest absolute Gasteiger partial charge is 0.398 e. The summed E-state index contributed by atoms with van der Waals surface area (Å²) in [6, 6.07) is 6.49. The number of benzene rings is 1. The monoisotopic (exact) mass is 337 g/mol. The number of piperidine rings is 1. The first-order chi connectivity index (χ1) is 9.63. The Morgan fingerprint density at radius 1 is 1.25 bits per heavy atom. The summed E-state index contributed by atoms with van der Waals surface area (Å²) in [6.07, 6.45) is 4.78. The molecule has 1 saturated carbocycles. The van der Waals surface area contributed by atoms with Crippen LogP contribution in [-0.2, 0) is 0 Å². The highest BCUT2D eigenvalue weighted by molar-refractivity contribution is 9.10. The molecule has 20 heavy (non-hydrogen) atoms. The molecule has 2 fully saturated rings. The molecule has 5 heteroatoms. The van der Waals surface area contributed by atoms with Crippen LogP contribution in [0.2, 0.25) is 0 Å². The van der Waals surface area contributed by atoms with Crippen LogP contribution in [0.1, 0.15) is 36.0 Å². The summed E-state index contributed by atoms with van der Waals surface area (Å²) >= 11 is 3.38. The predicted molar refractivity (Wildman–Crippen MR) is 83.6 cm³/mol. The summed E-state index contributed by atoms with van der Waals surface area (Å²) in [5.74, 6) is -0.0614. The minimum Gasteiger partial charge on any atom is -0.398 e. The average molecular weight is 338 g/mol. The van der Waals surface area contributed by atoms with Crippen molar-refractivity contribution >= 4 is 27.5 Å². The Morgan fingerprint density at radius 3 is 2.60 bits per heavy atom. The number of nitrogens with zero attached hydrogens (tertiary/aromatic N) is 1. The van der Waals surface area contributed by atoms with Gasteiger partial charge in [-0.2, -0.15) is 0 Å². The standard InChI is InChI=1S/C15H20BrN3O/c16-10-1-4-14(17)13(9-10)15(20)18-11-5-7-19(8-6-11)12-2-3-12/h1,4,9,11-12H,2-3,5-8,17H2,(H,18,20). The molecule has 1 aromatic rings. The summed E-state index contributed by atoms with van der Waals surface area (Å²) in [6.45, 7) is 2.20. The normalized spacial score (nSPS) is 20.9. The van der Waals surface area contributed by atoms with E-state index in [2.05, 4.69) is 26.1 Å². The number of nitrogen functional groups attached to an aromatic ring is 1. The van der Waals surface area contributed by atoms with E-state index < -0.39 is 0 Å². The highest BCUT2D eigenvalue weighted by Gasteiger charge is 2.32. The lowest BCUT2D eigenvalue weighted by molar-refractivity contribution is 0.0910. The van der Waals surface area contributed by atoms with Crippen molar-refractivity contribution in [1.82, 2.24) is 10.2 Å². The van der Waals surface area contributed by atoms with Crippen LogP contribution in [0.5, 0.6) is 0 Å². The minimum atomic E-state index is -0.0614. The molecule has 1 aromatic carbocycles. The molecule has 0 unspecified atom stereocenters. The molecule has 0 radical (unpaired) electrons. The first-order valence-corrected chi connectivity index (χ1v) is 8.03. The van der Waals surface area contributed by atoms with Gasteiger partial charge in [-0.3, -0.25) is 4.79 Å². The van der Waals surface area contributed by atoms with Gasteiger partial charge in [0.05, 0.1) is 5.56 Å². The number of anilines is 1. The van der Waals surface area contributed by atoms with Crippen molar-refractivity contribution in [2.75, 3.05) is 18.8 Å². The summed E-state index contributed by atoms with van der Waals surface area (Å²) in [7, 11) is 0. The summed E-state index contributed by atoms with van der Waals surface area (Å²) in [5, 5.41) is 3.12. The molecule has 1 amide bonds. The minimum absolute atomic E-state index is 0.0614. The maximum atomic E-state index is 12.3. The van der Waals surface area contributed by atoms with Gasteiger partial charge in [0.25, 0.3) is 5.91 Å². The third-order valence-electron chi connectivity index (χ3n) is 4.19. The van der Waals surface area contributed by atoms with E-state index in [1.807, 2.05) is 6.07 Å². The van der Waals surface area contributed by atoms with Gasteiger partial charge in [0, 0.05) is 35.3 Å². The summed E-state index contributed by atoms with van der Waals surface area (Å²) in [5.41, 5.74) is 6.96. The average Bonchev–Trinajstić information content (AvgIpc) is 3.27. The van der Waals surface area contributed by atoms with Gasteiger partial charge < -0.3 is 16.0 Å². The number of carbonyl (C=O) groups is 1. The Balaban J connectivity index is 1.57. The molecule has 4 nitrogen and oxygen atoms in total. The molecule has 0 aromatic heterocycles. The molecule has 2 aliphatic rings. The fourth-order valence-corrected chi connectivity index (χ4v) is 3.20. The smallest absolute Gasteiger partial charge is 0.253 e. The number of likely N-dealkylation sites (tertiary alicyclic amines) is 1. The van der Waals surface area contributed by atoms with E-state index >= 15 is 0 Å². The third-order valence-corrected chi connectivity index (χ3v) is 4.68. The van der Waals surface area contributed by atoms with Crippen LogP contribution >= 0.6 is 15.9 Å². The second-order valence-corrected chi connectivity index (χ2v) is 6.66. The molecule has 3 rings (SSSR count). The van der Waals surface area contributed by atoms with Crippen molar-refractivity contribution < 1.29 is 4.79 Å². The fraction of sp³-hybridized carbons (Fsp3) is 0.533. The highest BCUT2D eigenvalue weighted by Crippen LogP contribution is 2.29. The second kappa shape index (κ2) is 5.74. The van der Waals surface area contributed by atoms with E-state index in [-0.39, 0.29) is 11.9 Å². The van der Waals surface area contributed by atoms with Crippen molar-refractivity contribution in [2.45, 2.75) is 37.8 Å². The Morgan fingerprint density at radius 2 is 1.95 bits per heavy atom. The molecule has 1 aliphatic heterocycles. The molecule has 0 spiro atoms. The summed E-state index contributed by atoms with van der Waals surface area (Å²) < 4.78 is 0.875. The fourth-order valence-electron chi connectivity index (χ4n) is 2.84. The van der Waals surface area contributed by atoms with E-state index in [1.165, 1.54) is 12.8 Å². The molecule has 108 valence electrons. The molecule has 1 saturated heterocycles. The SMILES string of the molecule is Nc1ccc(Br)cc1C(=O)NC1CCN(C2CC2)CC1. The molecule has 3 N–H and O–H groups in total. The van der Waals surface area contributed by atoms with Crippen LogP contribution in [0.25, 0.3) is 0 Å². The highest BCUT2D eigenvalue weighted by atomic mass is 79.9. The van der Waals surface area contributed by atoms with Gasteiger partial charge in [0.1, 0.15) is 0 Å². The lowest BCUT2D eigenvalue weighted by atomic mass is 10.0. The van der Waals surface area contributed by atoms with Gasteiger partial charge in [-0.05, 0) is 43.9 Å². The second-order valence-electron chi connectivity index (χ2n) is 5.75. The molecule has 0 atom stereocenters. The molecule has 1 heterocycles. The van der Waals surface area contributed by atoms with Crippen LogP contribution in [-0.4, -0.2) is 36.0 Å². The molecular formula is C15H20BrN3O. The van der Waals surface area contributed by atoms with E-state index in [9.17, 15) is 4.79 Å². The van der Waals surface area contributed by atoms with Crippen molar-refractivity contribution in [1.29, 1.82) is 0 Å². The number of rotatable bonds is 3. The maximum absolute atomic E-state index is 12.3. The van der Waals surface area contributed by atoms with Crippen molar-refractivity contribution in [3.8, 4) is 0 Å². The predicted octanol–water partition coefficient (Wildman–Crippen LogP) is 2.39. The van der Waals surface area contributed by atoms with Crippen molar-refractivity contribution in [3.05, 3.63) is 28.2 Å². The van der Waals surface area contributed by atoms with Gasteiger partial charge in [0.15, 0.2) is 0 Å². The Bertz CT molecular complexity index is 508. The van der Waals surface area contributed by atoms with Crippen molar-refractivity contribution in [2.24, 2.45) is 0 Å². The topological polar surface area (TPSA) is 58.4 Å². The number of carbonyl (C=O) groups excluding carboxylic acids is 1. The van der Waals surface area contributed by atoms with Crippen LogP contribution in [0, 0.1) is 0 Å². The maximum Gasteiger partial charge on any atom is 0.253 e. The van der Waals surface area contributed by atoms with Gasteiger partial charge >= 0.3 is 0 Å². The number of amides is 1. The first-order valence-electron chi connectivity index (χ1n) is 7.23. The number of nitrogens with two attached hydrogens (primary N) is 1. The van der Waals surface area contributed by atoms with Gasteiger partial charge in [-0.15, -0.1) is 0 Å². The van der Waals surface area contributed by atoms with Crippen molar-refractivity contribution in [3.63, 3.8) is 0 Å². The molecule has 1 aliphatic carbocycles. The Hall–Kier alpha value is -1.07. The number of hydrogen-bond donors (Lipinski definition) is 2. The Kier molecular flexibility index (Phi) is 3.98. The lowest BCUT2D eigenvalue weighted by Crippen LogP contribution is -2.45. The van der Waals surface area contributed by atoms with Crippen LogP contribution < -0.4 is 11.1 Å². The van der Waals surface area contributed by atoms with Crippen LogP contribution in [0.15, 0.2) is 22.7 Å². The quantitative estimate of drug-likeness (QED) is 0.832. The van der Waals surface area contributed by atoms with Gasteiger partial charge in [-0.25, -0.2) is 0 Å². The van der Waals surface area contributed by atoms with Crippen LogP contribution in [0.4, 0.5) is 5.69 Å². The molecule has 0 bridgehead atoms. The molecular weight excluding hydrogens is 318 g/mol. The third kappa shape index (κ3) is 3.15. The zero-order chi connectivity index (χ0) is 14.1. The first kappa shape index (κ1) is 13.9. The van der Waals surface area contributed by atoms with Gasteiger partial charge in [-0.1, -0.05) is 15.9 Å². The van der Waals surface area contributed by atoms with E-state index in [0.29, 0.717) is 11.3 Å². The van der Waals surface area contributed by atoms with E-state index in [1.54, 1.807) is 12.1 Å². The zero-order valence-corrected chi connectivity index (χ0v) is 13.0.